The Bertz CT molecular complexity index is 888. The zero-order chi connectivity index (χ0) is 19.2. The van der Waals surface area contributed by atoms with Crippen molar-refractivity contribution in [2.45, 2.75) is 26.9 Å². The Morgan fingerprint density at radius 3 is 2.70 bits per heavy atom. The molecule has 2 N–H and O–H groups in total. The average Bonchev–Trinajstić information content (AvgIpc) is 3.28. The summed E-state index contributed by atoms with van der Waals surface area (Å²) in [6.45, 7) is 5.67. The molecule has 0 unspecified atom stereocenters. The summed E-state index contributed by atoms with van der Waals surface area (Å²) in [6.07, 6.45) is 1.78. The molecule has 3 aromatic rings. The van der Waals surface area contributed by atoms with Crippen molar-refractivity contribution in [1.82, 2.24) is 20.1 Å². The molecule has 3 rings (SSSR count). The molecular formula is C19H23N5O2S. The minimum Gasteiger partial charge on any atom is -0.383 e. The fourth-order valence-electron chi connectivity index (χ4n) is 2.79. The molecule has 142 valence electrons. The second-order valence-electron chi connectivity index (χ2n) is 6.09. The van der Waals surface area contributed by atoms with Crippen LogP contribution in [0.4, 0.5) is 10.5 Å². The average molecular weight is 385 g/mol. The Labute approximate surface area is 162 Å². The van der Waals surface area contributed by atoms with E-state index in [1.54, 1.807) is 24.6 Å². The van der Waals surface area contributed by atoms with Gasteiger partial charge < -0.3 is 15.4 Å². The van der Waals surface area contributed by atoms with E-state index in [0.29, 0.717) is 19.7 Å². The molecule has 0 aliphatic rings. The van der Waals surface area contributed by atoms with Crippen LogP contribution < -0.4 is 10.6 Å². The number of hydrogen-bond acceptors (Lipinski definition) is 5. The van der Waals surface area contributed by atoms with Gasteiger partial charge in [-0.2, -0.15) is 5.10 Å². The van der Waals surface area contributed by atoms with Crippen LogP contribution in [0.1, 0.15) is 17.0 Å². The largest absolute Gasteiger partial charge is 0.383 e. The fraction of sp³-hybridized carbons (Fsp3) is 0.316. The monoisotopic (exact) mass is 385 g/mol. The number of nitrogens with one attached hydrogen (secondary N) is 2. The summed E-state index contributed by atoms with van der Waals surface area (Å²) < 4.78 is 7.01. The summed E-state index contributed by atoms with van der Waals surface area (Å²) in [5.74, 6) is 0. The zero-order valence-electron chi connectivity index (χ0n) is 15.7. The van der Waals surface area contributed by atoms with Gasteiger partial charge in [-0.3, -0.25) is 4.68 Å². The molecule has 0 radical (unpaired) electrons. The molecule has 2 aromatic heterocycles. The van der Waals surface area contributed by atoms with Crippen LogP contribution in [0.2, 0.25) is 0 Å². The summed E-state index contributed by atoms with van der Waals surface area (Å²) in [7, 11) is 1.67. The van der Waals surface area contributed by atoms with Crippen LogP contribution in [0.3, 0.4) is 0 Å². The van der Waals surface area contributed by atoms with E-state index in [9.17, 15) is 4.79 Å². The second-order valence-corrected chi connectivity index (χ2v) is 6.98. The number of hydrogen-bond donors (Lipinski definition) is 2. The molecule has 2 amide bonds. The molecule has 0 saturated heterocycles. The number of methoxy groups -OCH3 is 1. The number of nitrogens with zero attached hydrogens (tertiary/aromatic N) is 3. The molecule has 0 aliphatic carbocycles. The van der Waals surface area contributed by atoms with E-state index in [2.05, 4.69) is 20.7 Å². The molecule has 0 atom stereocenters. The highest BCUT2D eigenvalue weighted by atomic mass is 32.1. The third-order valence-corrected chi connectivity index (χ3v) is 5.11. The molecule has 0 spiro atoms. The van der Waals surface area contributed by atoms with E-state index in [-0.39, 0.29) is 6.03 Å². The molecule has 1 aromatic carbocycles. The first kappa shape index (κ1) is 19.1. The van der Waals surface area contributed by atoms with Crippen LogP contribution in [-0.2, 0) is 17.8 Å². The van der Waals surface area contributed by atoms with Gasteiger partial charge in [0.1, 0.15) is 5.01 Å². The summed E-state index contributed by atoms with van der Waals surface area (Å²) in [5, 5.41) is 13.2. The topological polar surface area (TPSA) is 81.1 Å². The first-order chi connectivity index (χ1) is 13.1. The van der Waals surface area contributed by atoms with Crippen molar-refractivity contribution in [3.8, 4) is 10.6 Å². The minimum atomic E-state index is -0.250. The number of benzene rings is 1. The van der Waals surface area contributed by atoms with Gasteiger partial charge in [0.25, 0.3) is 0 Å². The van der Waals surface area contributed by atoms with E-state index >= 15 is 0 Å². The molecule has 27 heavy (non-hydrogen) atoms. The number of anilines is 1. The SMILES string of the molecule is COCCn1nc(C)c(CNC(=O)Nc2ccc(-c3nccs3)cc2)c1C. The highest BCUT2D eigenvalue weighted by Crippen LogP contribution is 2.23. The Hall–Kier alpha value is -2.71. The quantitative estimate of drug-likeness (QED) is 0.651. The maximum atomic E-state index is 12.2. The third-order valence-electron chi connectivity index (χ3n) is 4.29. The standard InChI is InChI=1S/C19H23N5O2S/c1-13-17(14(2)24(23-13)9-10-26-3)12-21-19(25)22-16-6-4-15(5-7-16)18-20-8-11-27-18/h4-8,11H,9-10,12H2,1-3H3,(H2,21,22,25). The lowest BCUT2D eigenvalue weighted by molar-refractivity contribution is 0.182. The number of rotatable bonds is 7. The van der Waals surface area contributed by atoms with Gasteiger partial charge in [0.15, 0.2) is 0 Å². The first-order valence-corrected chi connectivity index (χ1v) is 9.53. The van der Waals surface area contributed by atoms with E-state index < -0.39 is 0 Å². The molecular weight excluding hydrogens is 362 g/mol. The third kappa shape index (κ3) is 4.72. The number of ether oxygens (including phenoxy) is 1. The van der Waals surface area contributed by atoms with Gasteiger partial charge in [-0.25, -0.2) is 9.78 Å². The highest BCUT2D eigenvalue weighted by molar-refractivity contribution is 7.13. The van der Waals surface area contributed by atoms with Crippen molar-refractivity contribution < 1.29 is 9.53 Å². The van der Waals surface area contributed by atoms with Gasteiger partial charge in [-0.05, 0) is 38.1 Å². The van der Waals surface area contributed by atoms with Crippen molar-refractivity contribution in [3.05, 3.63) is 52.8 Å². The van der Waals surface area contributed by atoms with Crippen LogP contribution in [0.5, 0.6) is 0 Å². The smallest absolute Gasteiger partial charge is 0.319 e. The predicted molar refractivity (Wildman–Crippen MR) is 107 cm³/mol. The second kappa shape index (κ2) is 8.79. The van der Waals surface area contributed by atoms with Crippen LogP contribution in [-0.4, -0.2) is 34.5 Å². The van der Waals surface area contributed by atoms with Gasteiger partial charge in [0.2, 0.25) is 0 Å². The summed E-state index contributed by atoms with van der Waals surface area (Å²) in [6, 6.07) is 7.39. The van der Waals surface area contributed by atoms with E-state index in [4.69, 9.17) is 4.74 Å². The number of thiazole rings is 1. The molecule has 0 fully saturated rings. The maximum absolute atomic E-state index is 12.2. The van der Waals surface area contributed by atoms with Gasteiger partial charge in [0.05, 0.1) is 18.8 Å². The number of carbonyl (C=O) groups excluding carboxylic acids is 1. The maximum Gasteiger partial charge on any atom is 0.319 e. The number of carbonyl (C=O) groups is 1. The van der Waals surface area contributed by atoms with Crippen molar-refractivity contribution >= 4 is 23.1 Å². The first-order valence-electron chi connectivity index (χ1n) is 8.65. The Kier molecular flexibility index (Phi) is 6.20. The van der Waals surface area contributed by atoms with Crippen molar-refractivity contribution in [1.29, 1.82) is 0 Å². The zero-order valence-corrected chi connectivity index (χ0v) is 16.5. The summed E-state index contributed by atoms with van der Waals surface area (Å²) >= 11 is 1.58. The molecule has 7 nitrogen and oxygen atoms in total. The number of urea groups is 1. The van der Waals surface area contributed by atoms with Gasteiger partial charge >= 0.3 is 6.03 Å². The Morgan fingerprint density at radius 2 is 2.04 bits per heavy atom. The van der Waals surface area contributed by atoms with Crippen LogP contribution >= 0.6 is 11.3 Å². The lowest BCUT2D eigenvalue weighted by Crippen LogP contribution is -2.28. The molecule has 8 heteroatoms. The van der Waals surface area contributed by atoms with E-state index in [1.807, 2.05) is 48.2 Å². The molecule has 0 bridgehead atoms. The molecule has 0 saturated carbocycles. The lowest BCUT2D eigenvalue weighted by Gasteiger charge is -2.09. The van der Waals surface area contributed by atoms with Gasteiger partial charge in [-0.15, -0.1) is 11.3 Å². The lowest BCUT2D eigenvalue weighted by atomic mass is 10.2. The predicted octanol–water partition coefficient (Wildman–Crippen LogP) is 3.59. The summed E-state index contributed by atoms with van der Waals surface area (Å²) in [4.78, 5) is 16.5. The van der Waals surface area contributed by atoms with Crippen LogP contribution in [0.25, 0.3) is 10.6 Å². The van der Waals surface area contributed by atoms with Gasteiger partial charge in [0, 0.05) is 47.7 Å². The van der Waals surface area contributed by atoms with Crippen molar-refractivity contribution in [2.24, 2.45) is 0 Å². The van der Waals surface area contributed by atoms with Crippen LogP contribution in [0, 0.1) is 13.8 Å². The molecule has 2 heterocycles. The minimum absolute atomic E-state index is 0.250. The number of amides is 2. The molecule has 0 aliphatic heterocycles. The Morgan fingerprint density at radius 1 is 1.26 bits per heavy atom. The van der Waals surface area contributed by atoms with Crippen molar-refractivity contribution in [2.75, 3.05) is 19.0 Å². The fourth-order valence-corrected chi connectivity index (χ4v) is 3.44. The van der Waals surface area contributed by atoms with Crippen molar-refractivity contribution in [3.63, 3.8) is 0 Å². The number of aryl methyl sites for hydroxylation is 1. The van der Waals surface area contributed by atoms with Gasteiger partial charge in [-0.1, -0.05) is 0 Å². The van der Waals surface area contributed by atoms with E-state index in [0.717, 1.165) is 33.2 Å². The normalized spacial score (nSPS) is 10.8. The Balaban J connectivity index is 1.56. The van der Waals surface area contributed by atoms with Crippen LogP contribution in [0.15, 0.2) is 35.8 Å². The van der Waals surface area contributed by atoms with E-state index in [1.165, 1.54) is 0 Å². The highest BCUT2D eigenvalue weighted by Gasteiger charge is 2.12. The summed E-state index contributed by atoms with van der Waals surface area (Å²) in [5.41, 5.74) is 4.75. The number of aromatic nitrogens is 3.